The summed E-state index contributed by atoms with van der Waals surface area (Å²) < 4.78 is 12.6. The Labute approximate surface area is 92.3 Å². The predicted octanol–water partition coefficient (Wildman–Crippen LogP) is 1.81. The van der Waals surface area contributed by atoms with E-state index in [0.29, 0.717) is 18.3 Å². The van der Waals surface area contributed by atoms with E-state index in [1.54, 1.807) is 24.4 Å². The van der Waals surface area contributed by atoms with Gasteiger partial charge in [0, 0.05) is 12.7 Å². The molecule has 1 aromatic carbocycles. The zero-order valence-electron chi connectivity index (χ0n) is 8.52. The van der Waals surface area contributed by atoms with Crippen molar-refractivity contribution in [3.05, 3.63) is 47.9 Å². The predicted molar refractivity (Wildman–Crippen MR) is 60.2 cm³/mol. The number of halogens is 1. The number of aromatic nitrogens is 2. The van der Waals surface area contributed by atoms with Crippen molar-refractivity contribution in [2.24, 2.45) is 0 Å². The summed E-state index contributed by atoms with van der Waals surface area (Å²) in [6.45, 7) is 0.531. The van der Waals surface area contributed by atoms with Crippen molar-refractivity contribution in [3.8, 4) is 0 Å². The number of rotatable bonds is 3. The molecule has 3 N–H and O–H groups in total. The molecule has 0 spiro atoms. The Morgan fingerprint density at radius 2 is 1.94 bits per heavy atom. The van der Waals surface area contributed by atoms with Gasteiger partial charge >= 0.3 is 0 Å². The highest BCUT2D eigenvalue weighted by atomic mass is 19.1. The lowest BCUT2D eigenvalue weighted by Crippen LogP contribution is -2.04. The van der Waals surface area contributed by atoms with E-state index in [0.717, 1.165) is 5.56 Å². The molecule has 0 radical (unpaired) electrons. The molecule has 2 rings (SSSR count). The van der Waals surface area contributed by atoms with Crippen LogP contribution in [0.4, 0.5) is 16.2 Å². The third kappa shape index (κ3) is 2.66. The van der Waals surface area contributed by atoms with Gasteiger partial charge in [-0.3, -0.25) is 0 Å². The minimum Gasteiger partial charge on any atom is -0.384 e. The van der Waals surface area contributed by atoms with Crippen LogP contribution in [-0.4, -0.2) is 9.97 Å². The second kappa shape index (κ2) is 4.57. The third-order valence-corrected chi connectivity index (χ3v) is 2.04. The van der Waals surface area contributed by atoms with Gasteiger partial charge in [0.1, 0.15) is 11.6 Å². The van der Waals surface area contributed by atoms with Gasteiger partial charge in [-0.15, -0.1) is 0 Å². The molecule has 5 heteroatoms. The Kier molecular flexibility index (Phi) is 2.95. The van der Waals surface area contributed by atoms with Crippen LogP contribution in [0.15, 0.2) is 36.5 Å². The Hall–Kier alpha value is -2.17. The quantitative estimate of drug-likeness (QED) is 0.824. The summed E-state index contributed by atoms with van der Waals surface area (Å²) in [6, 6.07) is 7.85. The molecule has 0 fully saturated rings. The fraction of sp³-hybridized carbons (Fsp3) is 0.0909. The van der Waals surface area contributed by atoms with E-state index in [1.165, 1.54) is 12.1 Å². The van der Waals surface area contributed by atoms with Crippen LogP contribution in [-0.2, 0) is 6.54 Å². The van der Waals surface area contributed by atoms with Crippen molar-refractivity contribution < 1.29 is 4.39 Å². The van der Waals surface area contributed by atoms with E-state index in [4.69, 9.17) is 5.73 Å². The summed E-state index contributed by atoms with van der Waals surface area (Å²) in [5.74, 6) is 0.630. The summed E-state index contributed by atoms with van der Waals surface area (Å²) in [7, 11) is 0. The molecule has 0 atom stereocenters. The highest BCUT2D eigenvalue weighted by Gasteiger charge is 1.97. The van der Waals surface area contributed by atoms with Crippen LogP contribution in [0.2, 0.25) is 0 Å². The van der Waals surface area contributed by atoms with Crippen molar-refractivity contribution in [1.29, 1.82) is 0 Å². The largest absolute Gasteiger partial charge is 0.384 e. The summed E-state index contributed by atoms with van der Waals surface area (Å²) >= 11 is 0. The lowest BCUT2D eigenvalue weighted by atomic mass is 10.2. The number of nitrogens with two attached hydrogens (primary N) is 1. The number of anilines is 2. The van der Waals surface area contributed by atoms with Gasteiger partial charge in [-0.1, -0.05) is 12.1 Å². The molecule has 16 heavy (non-hydrogen) atoms. The van der Waals surface area contributed by atoms with Crippen LogP contribution < -0.4 is 11.1 Å². The van der Waals surface area contributed by atoms with E-state index in [1.807, 2.05) is 0 Å². The molecule has 1 aromatic heterocycles. The van der Waals surface area contributed by atoms with Gasteiger partial charge in [-0.25, -0.2) is 9.37 Å². The van der Waals surface area contributed by atoms with Crippen LogP contribution in [0, 0.1) is 5.82 Å². The molecule has 0 aliphatic rings. The molecule has 0 amide bonds. The Morgan fingerprint density at radius 1 is 1.19 bits per heavy atom. The van der Waals surface area contributed by atoms with Crippen molar-refractivity contribution in [3.63, 3.8) is 0 Å². The van der Waals surface area contributed by atoms with Gasteiger partial charge in [-0.2, -0.15) is 4.98 Å². The molecule has 4 nitrogen and oxygen atoms in total. The van der Waals surface area contributed by atoms with E-state index >= 15 is 0 Å². The SMILES string of the molecule is Nc1ccnc(NCc2ccc(F)cc2)n1. The molecular formula is C11H11FN4. The van der Waals surface area contributed by atoms with Gasteiger partial charge in [0.15, 0.2) is 0 Å². The second-order valence-corrected chi connectivity index (χ2v) is 3.29. The fourth-order valence-corrected chi connectivity index (χ4v) is 1.24. The van der Waals surface area contributed by atoms with Crippen LogP contribution >= 0.6 is 0 Å². The third-order valence-electron chi connectivity index (χ3n) is 2.04. The molecule has 2 aromatic rings. The summed E-state index contributed by atoms with van der Waals surface area (Å²) in [4.78, 5) is 7.98. The van der Waals surface area contributed by atoms with Gasteiger partial charge in [-0.05, 0) is 23.8 Å². The number of nitrogen functional groups attached to an aromatic ring is 1. The maximum Gasteiger partial charge on any atom is 0.224 e. The first-order valence-corrected chi connectivity index (χ1v) is 4.81. The molecule has 0 saturated heterocycles. The number of nitrogens with zero attached hydrogens (tertiary/aromatic N) is 2. The molecule has 82 valence electrons. The smallest absolute Gasteiger partial charge is 0.224 e. The normalized spacial score (nSPS) is 10.1. The first-order chi connectivity index (χ1) is 7.74. The fourth-order valence-electron chi connectivity index (χ4n) is 1.24. The monoisotopic (exact) mass is 218 g/mol. The maximum absolute atomic E-state index is 12.6. The molecule has 0 aliphatic carbocycles. The number of nitrogens with one attached hydrogen (secondary N) is 1. The highest BCUT2D eigenvalue weighted by molar-refractivity contribution is 5.35. The standard InChI is InChI=1S/C11H11FN4/c12-9-3-1-8(2-4-9)7-15-11-14-6-5-10(13)16-11/h1-6H,7H2,(H3,13,14,15,16). The average molecular weight is 218 g/mol. The van der Waals surface area contributed by atoms with Gasteiger partial charge in [0.05, 0.1) is 0 Å². The molecule has 0 saturated carbocycles. The number of benzene rings is 1. The molecule has 1 heterocycles. The summed E-state index contributed by atoms with van der Waals surface area (Å²) in [5, 5.41) is 3.00. The first-order valence-electron chi connectivity index (χ1n) is 4.81. The summed E-state index contributed by atoms with van der Waals surface area (Å²) in [6.07, 6.45) is 1.58. The number of hydrogen-bond donors (Lipinski definition) is 2. The highest BCUT2D eigenvalue weighted by Crippen LogP contribution is 2.06. The van der Waals surface area contributed by atoms with Crippen molar-refractivity contribution in [2.75, 3.05) is 11.1 Å². The minimum atomic E-state index is -0.246. The Bertz CT molecular complexity index is 470. The molecule has 0 bridgehead atoms. The first kappa shape index (κ1) is 10.4. The summed E-state index contributed by atoms with van der Waals surface area (Å²) in [5.41, 5.74) is 6.46. The molecular weight excluding hydrogens is 207 g/mol. The zero-order valence-corrected chi connectivity index (χ0v) is 8.52. The maximum atomic E-state index is 12.6. The van der Waals surface area contributed by atoms with E-state index in [9.17, 15) is 4.39 Å². The van der Waals surface area contributed by atoms with E-state index in [-0.39, 0.29) is 5.82 Å². The van der Waals surface area contributed by atoms with Crippen LogP contribution in [0.5, 0.6) is 0 Å². The van der Waals surface area contributed by atoms with Gasteiger partial charge in [0.25, 0.3) is 0 Å². The van der Waals surface area contributed by atoms with Crippen LogP contribution in [0.3, 0.4) is 0 Å². The second-order valence-electron chi connectivity index (χ2n) is 3.29. The molecule has 0 unspecified atom stereocenters. The minimum absolute atomic E-state index is 0.246. The average Bonchev–Trinajstić information content (AvgIpc) is 2.28. The van der Waals surface area contributed by atoms with Crippen molar-refractivity contribution in [2.45, 2.75) is 6.54 Å². The zero-order chi connectivity index (χ0) is 11.4. The van der Waals surface area contributed by atoms with E-state index in [2.05, 4.69) is 15.3 Å². The van der Waals surface area contributed by atoms with Crippen LogP contribution in [0.25, 0.3) is 0 Å². The van der Waals surface area contributed by atoms with Gasteiger partial charge < -0.3 is 11.1 Å². The van der Waals surface area contributed by atoms with E-state index < -0.39 is 0 Å². The number of hydrogen-bond acceptors (Lipinski definition) is 4. The lowest BCUT2D eigenvalue weighted by Gasteiger charge is -2.04. The Morgan fingerprint density at radius 3 is 2.62 bits per heavy atom. The topological polar surface area (TPSA) is 63.8 Å². The molecule has 0 aliphatic heterocycles. The lowest BCUT2D eigenvalue weighted by molar-refractivity contribution is 0.627. The Balaban J connectivity index is 1.99. The van der Waals surface area contributed by atoms with Gasteiger partial charge in [0.2, 0.25) is 5.95 Å². The van der Waals surface area contributed by atoms with Crippen molar-refractivity contribution >= 4 is 11.8 Å². The van der Waals surface area contributed by atoms with Crippen molar-refractivity contribution in [1.82, 2.24) is 9.97 Å². The van der Waals surface area contributed by atoms with Crippen LogP contribution in [0.1, 0.15) is 5.56 Å².